The molecule has 4 fully saturated rings. The third kappa shape index (κ3) is 2.88. The predicted molar refractivity (Wildman–Crippen MR) is 103 cm³/mol. The number of aryl methyl sites for hydroxylation is 1. The molecule has 1 amide bonds. The Morgan fingerprint density at radius 1 is 1.14 bits per heavy atom. The summed E-state index contributed by atoms with van der Waals surface area (Å²) < 4.78 is 11.3. The highest BCUT2D eigenvalue weighted by molar-refractivity contribution is 5.71. The first-order valence-corrected chi connectivity index (χ1v) is 10.8. The molecule has 4 aliphatic heterocycles. The SMILES string of the molecule is Cc1noc(N2C3CCC2CC(N2CCC4(CC2)OC(=O)NC4C(C)C)C3)n1. The highest BCUT2D eigenvalue weighted by Crippen LogP contribution is 2.43. The molecule has 5 rings (SSSR count). The molecule has 0 aliphatic carbocycles. The normalized spacial score (nSPS) is 34.9. The van der Waals surface area contributed by atoms with Crippen molar-refractivity contribution < 1.29 is 14.1 Å². The van der Waals surface area contributed by atoms with E-state index in [0.29, 0.717) is 35.9 Å². The molecule has 8 nitrogen and oxygen atoms in total. The summed E-state index contributed by atoms with van der Waals surface area (Å²) in [5.74, 6) is 1.09. The lowest BCUT2D eigenvalue weighted by atomic mass is 9.79. The van der Waals surface area contributed by atoms with Gasteiger partial charge in [-0.25, -0.2) is 4.79 Å². The van der Waals surface area contributed by atoms with Crippen LogP contribution >= 0.6 is 0 Å². The van der Waals surface area contributed by atoms with E-state index in [9.17, 15) is 4.79 Å². The third-order valence-electron chi connectivity index (χ3n) is 7.41. The Balaban J connectivity index is 1.24. The highest BCUT2D eigenvalue weighted by atomic mass is 16.6. The number of piperidine rings is 2. The second-order valence-electron chi connectivity index (χ2n) is 9.40. The summed E-state index contributed by atoms with van der Waals surface area (Å²) in [5, 5.41) is 7.03. The summed E-state index contributed by atoms with van der Waals surface area (Å²) in [5.41, 5.74) is -0.317. The minimum absolute atomic E-state index is 0.126. The monoisotopic (exact) mass is 389 g/mol. The number of amides is 1. The Morgan fingerprint density at radius 3 is 2.39 bits per heavy atom. The molecule has 8 heteroatoms. The molecule has 28 heavy (non-hydrogen) atoms. The summed E-state index contributed by atoms with van der Waals surface area (Å²) in [7, 11) is 0. The molecule has 3 atom stereocenters. The van der Waals surface area contributed by atoms with E-state index >= 15 is 0 Å². The second-order valence-corrected chi connectivity index (χ2v) is 9.40. The Kier molecular flexibility index (Phi) is 4.30. The molecular formula is C20H31N5O3. The van der Waals surface area contributed by atoms with Crippen LogP contribution in [0.4, 0.5) is 10.8 Å². The molecule has 4 saturated heterocycles. The van der Waals surface area contributed by atoms with E-state index < -0.39 is 0 Å². The number of ether oxygens (including phenoxy) is 1. The molecule has 1 N–H and O–H groups in total. The Morgan fingerprint density at radius 2 is 1.82 bits per heavy atom. The number of nitrogens with one attached hydrogen (secondary N) is 1. The maximum absolute atomic E-state index is 11.9. The van der Waals surface area contributed by atoms with Gasteiger partial charge < -0.3 is 19.5 Å². The van der Waals surface area contributed by atoms with Crippen molar-refractivity contribution in [1.82, 2.24) is 20.4 Å². The average molecular weight is 390 g/mol. The quantitative estimate of drug-likeness (QED) is 0.850. The van der Waals surface area contributed by atoms with Gasteiger partial charge in [0.05, 0.1) is 6.04 Å². The van der Waals surface area contributed by atoms with Crippen LogP contribution in [0.25, 0.3) is 0 Å². The number of nitrogens with zero attached hydrogens (tertiary/aromatic N) is 4. The van der Waals surface area contributed by atoms with Gasteiger partial charge in [0.1, 0.15) is 5.60 Å². The molecule has 1 spiro atoms. The number of anilines is 1. The van der Waals surface area contributed by atoms with Gasteiger partial charge in [0.25, 0.3) is 0 Å². The molecular weight excluding hydrogens is 358 g/mol. The topological polar surface area (TPSA) is 83.7 Å². The average Bonchev–Trinajstić information content (AvgIpc) is 3.30. The number of hydrogen-bond acceptors (Lipinski definition) is 7. The van der Waals surface area contributed by atoms with Gasteiger partial charge in [-0.3, -0.25) is 4.90 Å². The zero-order valence-electron chi connectivity index (χ0n) is 17.1. The van der Waals surface area contributed by atoms with E-state index in [1.807, 2.05) is 6.92 Å². The minimum atomic E-state index is -0.317. The Hall–Kier alpha value is -1.83. The largest absolute Gasteiger partial charge is 0.441 e. The number of fused-ring (bicyclic) bond motifs is 2. The van der Waals surface area contributed by atoms with Crippen LogP contribution in [0.2, 0.25) is 0 Å². The summed E-state index contributed by atoms with van der Waals surface area (Å²) >= 11 is 0. The van der Waals surface area contributed by atoms with Crippen LogP contribution in [0.1, 0.15) is 58.2 Å². The number of alkyl carbamates (subject to hydrolysis) is 1. The van der Waals surface area contributed by atoms with Gasteiger partial charge in [-0.05, 0) is 38.5 Å². The fourth-order valence-electron chi connectivity index (χ4n) is 6.14. The van der Waals surface area contributed by atoms with Gasteiger partial charge in [-0.15, -0.1) is 0 Å². The van der Waals surface area contributed by atoms with Crippen LogP contribution in [-0.2, 0) is 4.74 Å². The smallest absolute Gasteiger partial charge is 0.408 e. The summed E-state index contributed by atoms with van der Waals surface area (Å²) in [6.07, 6.45) is 6.32. The molecule has 3 unspecified atom stereocenters. The van der Waals surface area contributed by atoms with Gasteiger partial charge in [-0.2, -0.15) is 4.98 Å². The van der Waals surface area contributed by atoms with Crippen molar-refractivity contribution in [3.05, 3.63) is 5.82 Å². The molecule has 154 valence electrons. The molecule has 0 aromatic carbocycles. The number of carbonyl (C=O) groups excluding carboxylic acids is 1. The lowest BCUT2D eigenvalue weighted by molar-refractivity contribution is -0.0388. The molecule has 5 heterocycles. The maximum atomic E-state index is 11.9. The van der Waals surface area contributed by atoms with Crippen molar-refractivity contribution in [2.45, 2.75) is 89.1 Å². The molecule has 4 aliphatic rings. The first-order chi connectivity index (χ1) is 13.4. The fourth-order valence-corrected chi connectivity index (χ4v) is 6.14. The van der Waals surface area contributed by atoms with E-state index in [1.165, 1.54) is 12.8 Å². The number of carbonyl (C=O) groups is 1. The maximum Gasteiger partial charge on any atom is 0.408 e. The molecule has 0 radical (unpaired) electrons. The second kappa shape index (κ2) is 6.61. The number of hydrogen-bond donors (Lipinski definition) is 1. The molecule has 0 saturated carbocycles. The van der Waals surface area contributed by atoms with Gasteiger partial charge in [-0.1, -0.05) is 19.0 Å². The standard InChI is InChI=1S/C20H31N5O3/c1-12(2)17-20(27-19(26)22-17)6-8-24(9-7-20)16-10-14-4-5-15(11-16)25(14)18-21-13(3)23-28-18/h12,14-17H,4-11H2,1-3H3,(H,22,26). The van der Waals surface area contributed by atoms with Crippen LogP contribution in [0, 0.1) is 12.8 Å². The van der Waals surface area contributed by atoms with Crippen LogP contribution in [0.3, 0.4) is 0 Å². The lowest BCUT2D eigenvalue weighted by Crippen LogP contribution is -2.58. The minimum Gasteiger partial charge on any atom is -0.441 e. The number of aromatic nitrogens is 2. The number of likely N-dealkylation sites (tertiary alicyclic amines) is 1. The van der Waals surface area contributed by atoms with Crippen molar-refractivity contribution in [1.29, 1.82) is 0 Å². The van der Waals surface area contributed by atoms with Gasteiger partial charge >= 0.3 is 12.1 Å². The third-order valence-corrected chi connectivity index (χ3v) is 7.41. The van der Waals surface area contributed by atoms with Crippen LogP contribution in [0.15, 0.2) is 4.52 Å². The van der Waals surface area contributed by atoms with Crippen molar-refractivity contribution in [3.8, 4) is 0 Å². The molecule has 1 aromatic rings. The molecule has 1 aromatic heterocycles. The van der Waals surface area contributed by atoms with Crippen LogP contribution in [-0.4, -0.2) is 64.0 Å². The van der Waals surface area contributed by atoms with Crippen molar-refractivity contribution in [2.24, 2.45) is 5.92 Å². The Labute approximate surface area is 166 Å². The zero-order chi connectivity index (χ0) is 19.5. The Bertz CT molecular complexity index is 728. The molecule has 2 bridgehead atoms. The van der Waals surface area contributed by atoms with Gasteiger partial charge in [0, 0.05) is 44.1 Å². The van der Waals surface area contributed by atoms with Crippen molar-refractivity contribution in [3.63, 3.8) is 0 Å². The predicted octanol–water partition coefficient (Wildman–Crippen LogP) is 2.48. The van der Waals surface area contributed by atoms with Gasteiger partial charge in [0.15, 0.2) is 5.82 Å². The summed E-state index contributed by atoms with van der Waals surface area (Å²) in [4.78, 5) is 21.4. The van der Waals surface area contributed by atoms with Crippen LogP contribution in [0.5, 0.6) is 0 Å². The summed E-state index contributed by atoms with van der Waals surface area (Å²) in [6, 6.07) is 2.41. The van der Waals surface area contributed by atoms with E-state index in [4.69, 9.17) is 9.26 Å². The van der Waals surface area contributed by atoms with Crippen molar-refractivity contribution in [2.75, 3.05) is 18.0 Å². The van der Waals surface area contributed by atoms with E-state index in [2.05, 4.69) is 39.1 Å². The van der Waals surface area contributed by atoms with E-state index in [1.54, 1.807) is 0 Å². The first-order valence-electron chi connectivity index (χ1n) is 10.8. The fraction of sp³-hybridized carbons (Fsp3) is 0.850. The van der Waals surface area contributed by atoms with Crippen LogP contribution < -0.4 is 10.2 Å². The van der Waals surface area contributed by atoms with E-state index in [-0.39, 0.29) is 17.7 Å². The lowest BCUT2D eigenvalue weighted by Gasteiger charge is -2.47. The zero-order valence-corrected chi connectivity index (χ0v) is 17.1. The highest BCUT2D eigenvalue weighted by Gasteiger charge is 2.53. The van der Waals surface area contributed by atoms with Gasteiger partial charge in [0.2, 0.25) is 0 Å². The summed E-state index contributed by atoms with van der Waals surface area (Å²) in [6.45, 7) is 8.21. The van der Waals surface area contributed by atoms with E-state index in [0.717, 1.165) is 38.8 Å². The van der Waals surface area contributed by atoms with Crippen molar-refractivity contribution >= 4 is 12.1 Å². The number of rotatable bonds is 3. The first kappa shape index (κ1) is 18.2.